The summed E-state index contributed by atoms with van der Waals surface area (Å²) in [7, 11) is 0. The largest absolute Gasteiger partial charge is 0.481 e. The molecule has 0 saturated heterocycles. The molecule has 0 aromatic heterocycles. The first-order valence-electron chi connectivity index (χ1n) is 13.3. The summed E-state index contributed by atoms with van der Waals surface area (Å²) >= 11 is 0. The number of aliphatic hydroxyl groups excluding tert-OH is 2. The number of carbonyl (C=O) groups is 3. The van der Waals surface area contributed by atoms with E-state index in [-0.39, 0.29) is 48.0 Å². The fourth-order valence-electron chi connectivity index (χ4n) is 6.06. The quantitative estimate of drug-likeness (QED) is 0.416. The molecule has 204 valence electrons. The maximum absolute atomic E-state index is 12.8. The molecule has 0 aromatic carbocycles. The summed E-state index contributed by atoms with van der Waals surface area (Å²) in [5.41, 5.74) is -0.102. The van der Waals surface area contributed by atoms with Crippen molar-refractivity contribution in [1.82, 2.24) is 0 Å². The van der Waals surface area contributed by atoms with Crippen LogP contribution >= 0.6 is 0 Å². The molecule has 8 heteroatoms. The fraction of sp³-hybridized carbons (Fsp3) is 0.750. The van der Waals surface area contributed by atoms with E-state index in [0.29, 0.717) is 25.7 Å². The number of carbonyl (C=O) groups excluding carboxylic acids is 1. The van der Waals surface area contributed by atoms with E-state index >= 15 is 0 Å². The van der Waals surface area contributed by atoms with Crippen molar-refractivity contribution in [1.29, 1.82) is 0 Å². The Kier molecular flexibility index (Phi) is 11.6. The zero-order valence-electron chi connectivity index (χ0n) is 22.0. The summed E-state index contributed by atoms with van der Waals surface area (Å²) in [6.07, 6.45) is 6.01. The second kappa shape index (κ2) is 13.9. The Balaban J connectivity index is 2.34. The summed E-state index contributed by atoms with van der Waals surface area (Å²) < 4.78 is 5.74. The van der Waals surface area contributed by atoms with E-state index in [1.807, 2.05) is 13.8 Å². The first kappa shape index (κ1) is 30.0. The number of ether oxygens (including phenoxy) is 1. The average molecular weight is 509 g/mol. The SMILES string of the molecule is C[C@@H]1C[C@H](C)C[C@H](C)[C@@H](O)CC(=O)O[C@H]([C@@H]2CCC[C@H]2C(=O)O)C/C=C/C=C(/C(=O)O)[C@H](O)[C@@H](C)C1. The zero-order valence-corrected chi connectivity index (χ0v) is 22.0. The monoisotopic (exact) mass is 508 g/mol. The Labute approximate surface area is 214 Å². The highest BCUT2D eigenvalue weighted by Gasteiger charge is 2.39. The Morgan fingerprint density at radius 3 is 2.19 bits per heavy atom. The lowest BCUT2D eigenvalue weighted by molar-refractivity contribution is -0.159. The molecule has 0 bridgehead atoms. The van der Waals surface area contributed by atoms with E-state index in [0.717, 1.165) is 12.8 Å². The first-order valence-corrected chi connectivity index (χ1v) is 13.3. The summed E-state index contributed by atoms with van der Waals surface area (Å²) in [5.74, 6) is -3.51. The lowest BCUT2D eigenvalue weighted by atomic mass is 9.82. The van der Waals surface area contributed by atoms with Crippen molar-refractivity contribution in [2.24, 2.45) is 35.5 Å². The number of cyclic esters (lactones) is 1. The van der Waals surface area contributed by atoms with Gasteiger partial charge < -0.3 is 25.2 Å². The van der Waals surface area contributed by atoms with Crippen LogP contribution in [-0.2, 0) is 19.1 Å². The number of allylic oxidation sites excluding steroid dienone is 2. The van der Waals surface area contributed by atoms with Crippen molar-refractivity contribution in [3.63, 3.8) is 0 Å². The molecule has 9 atom stereocenters. The van der Waals surface area contributed by atoms with Crippen molar-refractivity contribution in [3.8, 4) is 0 Å². The van der Waals surface area contributed by atoms with Crippen molar-refractivity contribution in [2.45, 2.75) is 97.4 Å². The van der Waals surface area contributed by atoms with Gasteiger partial charge in [-0.15, -0.1) is 0 Å². The maximum Gasteiger partial charge on any atom is 0.334 e. The standard InChI is InChI=1S/C28H44O8/c1-16-12-17(2)14-19(4)26(31)22(28(34)35)8-5-6-11-24(20-9-7-10-21(20)27(32)33)36-25(30)15-23(29)18(3)13-16/h5-6,8,16-21,23-24,26,29,31H,7,9-15H2,1-4H3,(H,32,33)(H,34,35)/b6-5+,22-8+/t16-,17+,18-,19-,20+,21+,23-,24-,26+/m0/s1. The smallest absolute Gasteiger partial charge is 0.334 e. The number of esters is 1. The van der Waals surface area contributed by atoms with Crippen LogP contribution in [-0.4, -0.2) is 56.6 Å². The van der Waals surface area contributed by atoms with Gasteiger partial charge in [-0.1, -0.05) is 46.3 Å². The first-order chi connectivity index (χ1) is 16.9. The lowest BCUT2D eigenvalue weighted by Crippen LogP contribution is -2.34. The van der Waals surface area contributed by atoms with Crippen LogP contribution in [0.4, 0.5) is 0 Å². The molecule has 2 rings (SSSR count). The molecule has 4 N–H and O–H groups in total. The van der Waals surface area contributed by atoms with Gasteiger partial charge in [0.2, 0.25) is 0 Å². The molecule has 1 saturated carbocycles. The second-order valence-electron chi connectivity index (χ2n) is 11.2. The number of carboxylic acid groups (broad SMARTS) is 2. The van der Waals surface area contributed by atoms with Gasteiger partial charge in [-0.2, -0.15) is 0 Å². The van der Waals surface area contributed by atoms with Gasteiger partial charge in [0.25, 0.3) is 0 Å². The van der Waals surface area contributed by atoms with Gasteiger partial charge in [-0.05, 0) is 61.9 Å². The molecule has 0 amide bonds. The van der Waals surface area contributed by atoms with Gasteiger partial charge in [0.1, 0.15) is 6.10 Å². The van der Waals surface area contributed by atoms with Crippen molar-refractivity contribution >= 4 is 17.9 Å². The van der Waals surface area contributed by atoms with E-state index in [4.69, 9.17) is 4.74 Å². The summed E-state index contributed by atoms with van der Waals surface area (Å²) in [6.45, 7) is 7.92. The maximum atomic E-state index is 12.8. The minimum absolute atomic E-state index is 0.102. The number of aliphatic carboxylic acids is 2. The predicted molar refractivity (Wildman–Crippen MR) is 135 cm³/mol. The van der Waals surface area contributed by atoms with Gasteiger partial charge in [0, 0.05) is 12.3 Å². The van der Waals surface area contributed by atoms with Gasteiger partial charge in [-0.25, -0.2) is 4.79 Å². The van der Waals surface area contributed by atoms with E-state index < -0.39 is 42.1 Å². The van der Waals surface area contributed by atoms with Crippen LogP contribution in [0.5, 0.6) is 0 Å². The van der Waals surface area contributed by atoms with Crippen LogP contribution in [0, 0.1) is 35.5 Å². The van der Waals surface area contributed by atoms with Crippen molar-refractivity contribution < 1.29 is 39.5 Å². The molecule has 1 fully saturated rings. The Morgan fingerprint density at radius 2 is 1.58 bits per heavy atom. The van der Waals surface area contributed by atoms with Crippen molar-refractivity contribution in [2.75, 3.05) is 0 Å². The predicted octanol–water partition coefficient (Wildman–Crippen LogP) is 4.20. The Bertz CT molecular complexity index is 818. The summed E-state index contributed by atoms with van der Waals surface area (Å²) in [5, 5.41) is 40.7. The zero-order chi connectivity index (χ0) is 27.0. The molecule has 2 aliphatic rings. The molecule has 8 nitrogen and oxygen atoms in total. The van der Waals surface area contributed by atoms with Crippen LogP contribution in [0.15, 0.2) is 23.8 Å². The molecular formula is C28H44O8. The van der Waals surface area contributed by atoms with Gasteiger partial charge >= 0.3 is 17.9 Å². The fourth-order valence-corrected chi connectivity index (χ4v) is 6.06. The minimum atomic E-state index is -1.19. The highest BCUT2D eigenvalue weighted by Crippen LogP contribution is 2.37. The third-order valence-corrected chi connectivity index (χ3v) is 7.92. The Hall–Kier alpha value is -2.19. The van der Waals surface area contributed by atoms with E-state index in [1.54, 1.807) is 6.08 Å². The van der Waals surface area contributed by atoms with E-state index in [1.165, 1.54) is 12.2 Å². The topological polar surface area (TPSA) is 141 Å². The third-order valence-electron chi connectivity index (χ3n) is 7.92. The molecule has 0 spiro atoms. The molecule has 0 aromatic rings. The summed E-state index contributed by atoms with van der Waals surface area (Å²) in [4.78, 5) is 36.4. The minimum Gasteiger partial charge on any atom is -0.481 e. The second-order valence-corrected chi connectivity index (χ2v) is 11.2. The molecule has 1 aliphatic carbocycles. The molecule has 1 aliphatic heterocycles. The van der Waals surface area contributed by atoms with Gasteiger partial charge in [0.05, 0.1) is 30.1 Å². The van der Waals surface area contributed by atoms with Crippen LogP contribution in [0.1, 0.15) is 79.1 Å². The number of hydrogen-bond donors (Lipinski definition) is 4. The van der Waals surface area contributed by atoms with Crippen LogP contribution < -0.4 is 0 Å². The molecule has 0 radical (unpaired) electrons. The lowest BCUT2D eigenvalue weighted by Gasteiger charge is -2.28. The van der Waals surface area contributed by atoms with E-state index in [9.17, 15) is 34.8 Å². The number of aliphatic hydroxyl groups is 2. The van der Waals surface area contributed by atoms with Gasteiger partial charge in [0.15, 0.2) is 0 Å². The highest BCUT2D eigenvalue weighted by molar-refractivity contribution is 5.88. The molecule has 36 heavy (non-hydrogen) atoms. The highest BCUT2D eigenvalue weighted by atomic mass is 16.5. The van der Waals surface area contributed by atoms with Crippen LogP contribution in [0.3, 0.4) is 0 Å². The van der Waals surface area contributed by atoms with Crippen molar-refractivity contribution in [3.05, 3.63) is 23.8 Å². The third kappa shape index (κ3) is 8.73. The van der Waals surface area contributed by atoms with E-state index in [2.05, 4.69) is 13.8 Å². The van der Waals surface area contributed by atoms with Crippen LogP contribution in [0.25, 0.3) is 0 Å². The van der Waals surface area contributed by atoms with Crippen LogP contribution in [0.2, 0.25) is 0 Å². The summed E-state index contributed by atoms with van der Waals surface area (Å²) in [6, 6.07) is 0. The molecule has 1 heterocycles. The normalized spacial score (nSPS) is 40.2. The Morgan fingerprint density at radius 1 is 0.944 bits per heavy atom. The van der Waals surface area contributed by atoms with Gasteiger partial charge in [-0.3, -0.25) is 9.59 Å². The molecular weight excluding hydrogens is 464 g/mol. The number of hydrogen-bond acceptors (Lipinski definition) is 6. The molecule has 0 unspecified atom stereocenters. The average Bonchev–Trinajstić information content (AvgIpc) is 3.26. The number of carboxylic acids is 2. The number of rotatable bonds is 3.